The van der Waals surface area contributed by atoms with Gasteiger partial charge in [0.2, 0.25) is 11.8 Å². The monoisotopic (exact) mass is 702 g/mol. The first-order valence-corrected chi connectivity index (χ1v) is 16.7. The summed E-state index contributed by atoms with van der Waals surface area (Å²) in [6.07, 6.45) is 3.10. The highest BCUT2D eigenvalue weighted by atomic mass is 16.3. The number of hydrogen-bond acceptors (Lipinski definition) is 12. The van der Waals surface area contributed by atoms with Crippen molar-refractivity contribution in [3.8, 4) is 12.1 Å². The first-order chi connectivity index (χ1) is 24.9. The highest BCUT2D eigenvalue weighted by Gasteiger charge is 2.44. The van der Waals surface area contributed by atoms with Crippen LogP contribution in [0.1, 0.15) is 25.7 Å². The van der Waals surface area contributed by atoms with Crippen molar-refractivity contribution in [1.82, 2.24) is 9.97 Å². The van der Waals surface area contributed by atoms with Crippen molar-refractivity contribution in [2.45, 2.75) is 37.9 Å². The van der Waals surface area contributed by atoms with Crippen molar-refractivity contribution in [3.63, 3.8) is 0 Å². The minimum absolute atomic E-state index is 0.217. The van der Waals surface area contributed by atoms with Crippen LogP contribution >= 0.6 is 0 Å². The van der Waals surface area contributed by atoms with Crippen LogP contribution in [-0.4, -0.2) is 69.1 Å². The number of nitrogen functional groups attached to an aromatic ring is 2. The van der Waals surface area contributed by atoms with Crippen molar-refractivity contribution >= 4 is 79.6 Å². The molecule has 16 heteroatoms. The summed E-state index contributed by atoms with van der Waals surface area (Å²) in [6.45, 7) is 0.855. The zero-order chi connectivity index (χ0) is 36.8. The van der Waals surface area contributed by atoms with Crippen LogP contribution in [0.4, 0.5) is 34.4 Å². The Balaban J connectivity index is 0.000000162. The Morgan fingerprint density at radius 3 is 1.44 bits per heavy atom. The van der Waals surface area contributed by atoms with Crippen LogP contribution in [0.5, 0.6) is 0 Å². The van der Waals surface area contributed by atoms with E-state index in [-0.39, 0.29) is 47.3 Å². The molecular weight excluding hydrogens is 668 g/mol. The van der Waals surface area contributed by atoms with Gasteiger partial charge in [0.1, 0.15) is 23.8 Å². The molecule has 4 aromatic rings. The number of anilines is 6. The lowest BCUT2D eigenvalue weighted by Crippen LogP contribution is -2.29. The molecule has 0 radical (unpaired) electrons. The van der Waals surface area contributed by atoms with Gasteiger partial charge in [-0.25, -0.2) is 9.97 Å². The molecule has 4 heterocycles. The second kappa shape index (κ2) is 13.4. The third-order valence-electron chi connectivity index (χ3n) is 9.77. The maximum atomic E-state index is 12.1. The molecule has 4 fully saturated rings. The van der Waals surface area contributed by atoms with Crippen LogP contribution in [0.25, 0.3) is 21.5 Å². The van der Waals surface area contributed by atoms with E-state index in [2.05, 4.69) is 32.7 Å². The molecule has 2 saturated heterocycles. The van der Waals surface area contributed by atoms with E-state index < -0.39 is 12.2 Å². The molecule has 2 aliphatic heterocycles. The molecule has 0 spiro atoms. The van der Waals surface area contributed by atoms with Gasteiger partial charge in [0.25, 0.3) is 11.8 Å². The Labute approximate surface area is 296 Å². The summed E-state index contributed by atoms with van der Waals surface area (Å²) in [7, 11) is 0. The van der Waals surface area contributed by atoms with Gasteiger partial charge in [-0.3, -0.25) is 19.2 Å². The van der Waals surface area contributed by atoms with Crippen molar-refractivity contribution < 1.29 is 29.4 Å². The Hall–Kier alpha value is -6.36. The Kier molecular flexibility index (Phi) is 8.79. The van der Waals surface area contributed by atoms with Gasteiger partial charge in [0, 0.05) is 71.8 Å². The number of aliphatic hydroxyl groups is 2. The quantitative estimate of drug-likeness (QED) is 0.158. The van der Waals surface area contributed by atoms with Crippen molar-refractivity contribution in [1.29, 1.82) is 10.5 Å². The van der Waals surface area contributed by atoms with Crippen LogP contribution in [0.3, 0.4) is 0 Å². The SMILES string of the molecule is N#C[C@H]1C[C@@H]1C(=O)Nc1cc2cc(N3CC[C@H](O)C3=O)cc(N)c2cn1.N#C[C@H]1C[C@@H]1C(=O)Nc1cc2cc(N3CC[C@H](O)C3=O)cc(N)c2cn1. The minimum Gasteiger partial charge on any atom is -0.398 e. The third-order valence-corrected chi connectivity index (χ3v) is 9.77. The predicted molar refractivity (Wildman–Crippen MR) is 190 cm³/mol. The largest absolute Gasteiger partial charge is 0.398 e. The van der Waals surface area contributed by atoms with Gasteiger partial charge in [-0.05, 0) is 60.0 Å². The molecule has 4 amide bonds. The second-order valence-corrected chi connectivity index (χ2v) is 13.4. The lowest BCUT2D eigenvalue weighted by atomic mass is 10.1. The van der Waals surface area contributed by atoms with E-state index in [1.54, 1.807) is 48.8 Å². The Bertz CT molecular complexity index is 2090. The zero-order valence-electron chi connectivity index (χ0n) is 27.7. The molecule has 52 heavy (non-hydrogen) atoms. The molecule has 4 aliphatic rings. The Morgan fingerprint density at radius 1 is 0.712 bits per heavy atom. The molecule has 2 saturated carbocycles. The topological polar surface area (TPSA) is 265 Å². The number of aliphatic hydroxyl groups excluding tert-OH is 2. The fraction of sp³-hybridized carbons (Fsp3) is 0.333. The lowest BCUT2D eigenvalue weighted by Gasteiger charge is -2.18. The number of carbonyl (C=O) groups is 4. The summed E-state index contributed by atoms with van der Waals surface area (Å²) in [5.41, 5.74) is 14.3. The van der Waals surface area contributed by atoms with Crippen molar-refractivity contribution in [2.24, 2.45) is 23.7 Å². The molecule has 2 aliphatic carbocycles. The van der Waals surface area contributed by atoms with E-state index in [1.165, 1.54) is 9.80 Å². The average molecular weight is 703 g/mol. The minimum atomic E-state index is -0.981. The van der Waals surface area contributed by atoms with E-state index in [1.807, 2.05) is 0 Å². The fourth-order valence-electron chi connectivity index (χ4n) is 6.52. The molecule has 0 unspecified atom stereocenters. The number of benzene rings is 2. The average Bonchev–Trinajstić information content (AvgIpc) is 4.04. The molecule has 2 aromatic carbocycles. The number of amides is 4. The van der Waals surface area contributed by atoms with E-state index in [9.17, 15) is 29.4 Å². The predicted octanol–water partition coefficient (Wildman–Crippen LogP) is 2.03. The number of nitrogens with zero attached hydrogens (tertiary/aromatic N) is 6. The maximum absolute atomic E-state index is 12.1. The van der Waals surface area contributed by atoms with E-state index in [0.29, 0.717) is 83.9 Å². The molecular formula is C36H34N10O6. The standard InChI is InChI=1S/2C18H17N5O3/c2*19-7-10-4-12(10)17(25)22-16-5-9-3-11(6-14(20)13(9)8-21-16)23-2-1-15(24)18(23)26/h2*3,5-6,8,10,12,15,24H,1-2,4,20H2,(H,21,22,25)/t2*10-,12+,15+/m11/s1. The summed E-state index contributed by atoms with van der Waals surface area (Å²) in [5, 5.41) is 45.3. The summed E-state index contributed by atoms with van der Waals surface area (Å²) < 4.78 is 0. The summed E-state index contributed by atoms with van der Waals surface area (Å²) >= 11 is 0. The van der Waals surface area contributed by atoms with E-state index in [4.69, 9.17) is 22.0 Å². The van der Waals surface area contributed by atoms with Crippen LogP contribution in [-0.2, 0) is 19.2 Å². The number of carbonyl (C=O) groups excluding carboxylic acids is 4. The number of nitrogens with one attached hydrogen (secondary N) is 2. The second-order valence-electron chi connectivity index (χ2n) is 13.4. The summed E-state index contributed by atoms with van der Waals surface area (Å²) in [6, 6.07) is 14.5. The van der Waals surface area contributed by atoms with Crippen LogP contribution < -0.4 is 31.9 Å². The summed E-state index contributed by atoms with van der Waals surface area (Å²) in [4.78, 5) is 59.7. The first kappa shape index (κ1) is 34.1. The molecule has 0 bridgehead atoms. The molecule has 2 aromatic heterocycles. The maximum Gasteiger partial charge on any atom is 0.255 e. The van der Waals surface area contributed by atoms with Gasteiger partial charge in [-0.2, -0.15) is 10.5 Å². The first-order valence-electron chi connectivity index (χ1n) is 16.7. The van der Waals surface area contributed by atoms with Crippen LogP contribution in [0.2, 0.25) is 0 Å². The fourth-order valence-corrected chi connectivity index (χ4v) is 6.52. The lowest BCUT2D eigenvalue weighted by molar-refractivity contribution is -0.124. The number of rotatable bonds is 6. The van der Waals surface area contributed by atoms with Gasteiger partial charge in [0.15, 0.2) is 0 Å². The van der Waals surface area contributed by atoms with Gasteiger partial charge in [-0.15, -0.1) is 0 Å². The third kappa shape index (κ3) is 6.60. The zero-order valence-corrected chi connectivity index (χ0v) is 27.7. The van der Waals surface area contributed by atoms with Crippen molar-refractivity contribution in [3.05, 3.63) is 48.8 Å². The number of hydrogen-bond donors (Lipinski definition) is 6. The highest BCUT2D eigenvalue weighted by Crippen LogP contribution is 2.40. The molecule has 6 atom stereocenters. The van der Waals surface area contributed by atoms with E-state index in [0.717, 1.165) is 10.8 Å². The van der Waals surface area contributed by atoms with Crippen LogP contribution in [0.15, 0.2) is 48.8 Å². The summed E-state index contributed by atoms with van der Waals surface area (Å²) in [5.74, 6) is -1.38. The van der Waals surface area contributed by atoms with Gasteiger partial charge in [-0.1, -0.05) is 0 Å². The van der Waals surface area contributed by atoms with E-state index >= 15 is 0 Å². The number of fused-ring (bicyclic) bond motifs is 2. The normalized spacial score (nSPS) is 24.5. The number of pyridine rings is 2. The molecule has 16 nitrogen and oxygen atoms in total. The molecule has 8 rings (SSSR count). The van der Waals surface area contributed by atoms with Gasteiger partial charge >= 0.3 is 0 Å². The number of nitrogens with two attached hydrogens (primary N) is 2. The number of nitriles is 2. The molecule has 8 N–H and O–H groups in total. The van der Waals surface area contributed by atoms with Crippen molar-refractivity contribution in [2.75, 3.05) is 45.0 Å². The smallest absolute Gasteiger partial charge is 0.255 e. The van der Waals surface area contributed by atoms with Gasteiger partial charge in [0.05, 0.1) is 35.8 Å². The Morgan fingerprint density at radius 2 is 1.12 bits per heavy atom. The van der Waals surface area contributed by atoms with Gasteiger partial charge < -0.3 is 42.1 Å². The highest BCUT2D eigenvalue weighted by molar-refractivity contribution is 6.06. The van der Waals surface area contributed by atoms with Crippen LogP contribution in [0, 0.1) is 46.3 Å². The number of aromatic nitrogens is 2. The molecule has 264 valence electrons.